The van der Waals surface area contributed by atoms with Gasteiger partial charge in [0.05, 0.1) is 18.2 Å². The number of nitrogens with zero attached hydrogens (tertiary/aromatic N) is 1. The fourth-order valence-corrected chi connectivity index (χ4v) is 5.45. The first-order valence-electron chi connectivity index (χ1n) is 10.2. The lowest BCUT2D eigenvalue weighted by molar-refractivity contribution is -0.117. The predicted molar refractivity (Wildman–Crippen MR) is 114 cm³/mol. The molecular formula is C23H26BrNO4. The monoisotopic (exact) mass is 459 g/mol. The zero-order valence-electron chi connectivity index (χ0n) is 17.1. The second-order valence-corrected chi connectivity index (χ2v) is 8.59. The van der Waals surface area contributed by atoms with Crippen molar-refractivity contribution < 1.29 is 19.1 Å². The van der Waals surface area contributed by atoms with Crippen molar-refractivity contribution in [3.05, 3.63) is 44.7 Å². The van der Waals surface area contributed by atoms with Crippen LogP contribution >= 0.6 is 15.9 Å². The van der Waals surface area contributed by atoms with Crippen LogP contribution in [0.3, 0.4) is 0 Å². The Morgan fingerprint density at radius 1 is 1.03 bits per heavy atom. The molecular weight excluding hydrogens is 434 g/mol. The van der Waals surface area contributed by atoms with E-state index in [1.165, 1.54) is 0 Å². The average Bonchev–Trinajstić information content (AvgIpc) is 2.71. The van der Waals surface area contributed by atoms with Crippen LogP contribution < -0.4 is 9.47 Å². The van der Waals surface area contributed by atoms with Crippen molar-refractivity contribution in [3.63, 3.8) is 0 Å². The van der Waals surface area contributed by atoms with E-state index >= 15 is 0 Å². The summed E-state index contributed by atoms with van der Waals surface area (Å²) in [5.74, 6) is 1.21. The maximum atomic E-state index is 13.1. The summed E-state index contributed by atoms with van der Waals surface area (Å²) < 4.78 is 12.1. The van der Waals surface area contributed by atoms with Crippen molar-refractivity contribution in [2.75, 3.05) is 20.8 Å². The van der Waals surface area contributed by atoms with E-state index in [9.17, 15) is 9.59 Å². The molecule has 0 aromatic heterocycles. The van der Waals surface area contributed by atoms with Gasteiger partial charge in [0.1, 0.15) is 0 Å². The highest BCUT2D eigenvalue weighted by Gasteiger charge is 2.42. The minimum atomic E-state index is -0.335. The molecule has 6 heteroatoms. The van der Waals surface area contributed by atoms with E-state index in [2.05, 4.69) is 20.8 Å². The van der Waals surface area contributed by atoms with Gasteiger partial charge in [-0.05, 0) is 66.2 Å². The van der Waals surface area contributed by atoms with Crippen LogP contribution in [0.1, 0.15) is 56.9 Å². The van der Waals surface area contributed by atoms with Crippen molar-refractivity contribution in [1.82, 2.24) is 4.90 Å². The van der Waals surface area contributed by atoms with Crippen LogP contribution in [0, 0.1) is 0 Å². The van der Waals surface area contributed by atoms with Crippen LogP contribution in [0.25, 0.3) is 0 Å². The van der Waals surface area contributed by atoms with Crippen LogP contribution in [-0.4, -0.2) is 37.2 Å². The Morgan fingerprint density at radius 3 is 2.14 bits per heavy atom. The van der Waals surface area contributed by atoms with Crippen LogP contribution in [0.2, 0.25) is 0 Å². The number of carbonyl (C=O) groups excluding carboxylic acids is 2. The average molecular weight is 460 g/mol. The van der Waals surface area contributed by atoms with Gasteiger partial charge in [0.15, 0.2) is 23.1 Å². The van der Waals surface area contributed by atoms with Crippen molar-refractivity contribution in [2.45, 2.75) is 51.4 Å². The Morgan fingerprint density at radius 2 is 1.62 bits per heavy atom. The third-order valence-electron chi connectivity index (χ3n) is 6.12. The van der Waals surface area contributed by atoms with Crippen LogP contribution in [-0.2, 0) is 9.59 Å². The molecule has 1 aromatic rings. The van der Waals surface area contributed by atoms with Crippen LogP contribution in [0.4, 0.5) is 0 Å². The van der Waals surface area contributed by atoms with Gasteiger partial charge >= 0.3 is 0 Å². The lowest BCUT2D eigenvalue weighted by Gasteiger charge is -2.42. The summed E-state index contributed by atoms with van der Waals surface area (Å²) in [5.41, 5.74) is 4.61. The van der Waals surface area contributed by atoms with Gasteiger partial charge in [-0.1, -0.05) is 0 Å². The van der Waals surface area contributed by atoms with Crippen molar-refractivity contribution in [2.24, 2.45) is 0 Å². The Labute approximate surface area is 179 Å². The number of ketones is 2. The number of ether oxygens (including phenoxy) is 2. The van der Waals surface area contributed by atoms with Gasteiger partial charge in [0, 0.05) is 48.3 Å². The zero-order chi connectivity index (χ0) is 20.7. The SMILES string of the molecule is CCOc1c(Br)cc(C2C3=C(CCCC3=O)N(C)C3=C2C(=O)CCC3)cc1OC. The topological polar surface area (TPSA) is 55.8 Å². The Kier molecular flexibility index (Phi) is 5.56. The van der Waals surface area contributed by atoms with E-state index in [0.29, 0.717) is 30.9 Å². The van der Waals surface area contributed by atoms with Crippen molar-refractivity contribution in [1.29, 1.82) is 0 Å². The Balaban J connectivity index is 1.94. The number of rotatable bonds is 4. The van der Waals surface area contributed by atoms with Gasteiger partial charge in [-0.2, -0.15) is 0 Å². The van der Waals surface area contributed by atoms with E-state index in [0.717, 1.165) is 58.3 Å². The molecule has 2 aliphatic carbocycles. The normalized spacial score (nSPS) is 20.1. The highest BCUT2D eigenvalue weighted by atomic mass is 79.9. The molecule has 0 saturated heterocycles. The molecule has 0 N–H and O–H groups in total. The van der Waals surface area contributed by atoms with Gasteiger partial charge in [-0.3, -0.25) is 9.59 Å². The largest absolute Gasteiger partial charge is 0.493 e. The quantitative estimate of drug-likeness (QED) is 0.640. The maximum absolute atomic E-state index is 13.1. The van der Waals surface area contributed by atoms with E-state index in [4.69, 9.17) is 9.47 Å². The number of hydrogen-bond donors (Lipinski definition) is 0. The molecule has 0 spiro atoms. The molecule has 0 bridgehead atoms. The molecule has 0 atom stereocenters. The first kappa shape index (κ1) is 20.2. The summed E-state index contributed by atoms with van der Waals surface area (Å²) in [4.78, 5) is 28.2. The maximum Gasteiger partial charge on any atom is 0.175 e. The third kappa shape index (κ3) is 3.31. The summed E-state index contributed by atoms with van der Waals surface area (Å²) in [6.45, 7) is 2.44. The smallest absolute Gasteiger partial charge is 0.175 e. The number of benzene rings is 1. The van der Waals surface area contributed by atoms with Crippen molar-refractivity contribution >= 4 is 27.5 Å². The molecule has 5 nitrogen and oxygen atoms in total. The van der Waals surface area contributed by atoms with Crippen LogP contribution in [0.15, 0.2) is 39.1 Å². The standard InChI is InChI=1S/C23H26BrNO4/c1-4-29-23-14(24)11-13(12-19(23)28-3)20-21-15(7-5-9-17(21)26)25(2)16-8-6-10-18(27)22(16)20/h11-12,20H,4-10H2,1-3H3. The first-order chi connectivity index (χ1) is 14.0. The molecule has 0 fully saturated rings. The van der Waals surface area contributed by atoms with E-state index < -0.39 is 0 Å². The highest BCUT2D eigenvalue weighted by Crippen LogP contribution is 2.50. The van der Waals surface area contributed by atoms with E-state index in [1.807, 2.05) is 26.1 Å². The van der Waals surface area contributed by atoms with Gasteiger partial charge in [-0.15, -0.1) is 0 Å². The Bertz CT molecular complexity index is 902. The van der Waals surface area contributed by atoms with Crippen LogP contribution in [0.5, 0.6) is 11.5 Å². The molecule has 29 heavy (non-hydrogen) atoms. The lowest BCUT2D eigenvalue weighted by Crippen LogP contribution is -2.37. The summed E-state index contributed by atoms with van der Waals surface area (Å²) in [6.07, 6.45) is 4.54. The molecule has 0 saturated carbocycles. The predicted octanol–water partition coefficient (Wildman–Crippen LogP) is 4.90. The number of carbonyl (C=O) groups is 2. The van der Waals surface area contributed by atoms with E-state index in [1.54, 1.807) is 7.11 Å². The molecule has 0 radical (unpaired) electrons. The highest BCUT2D eigenvalue weighted by molar-refractivity contribution is 9.10. The van der Waals surface area contributed by atoms with Gasteiger partial charge in [0.2, 0.25) is 0 Å². The molecule has 0 unspecified atom stereocenters. The molecule has 0 amide bonds. The summed E-state index contributed by atoms with van der Waals surface area (Å²) in [6, 6.07) is 3.90. The second kappa shape index (κ2) is 7.98. The van der Waals surface area contributed by atoms with Crippen molar-refractivity contribution in [3.8, 4) is 11.5 Å². The molecule has 3 aliphatic rings. The fourth-order valence-electron chi connectivity index (χ4n) is 4.88. The first-order valence-corrected chi connectivity index (χ1v) is 11.0. The summed E-state index contributed by atoms with van der Waals surface area (Å²) in [5, 5.41) is 0. The fraction of sp³-hybridized carbons (Fsp3) is 0.478. The van der Waals surface area contributed by atoms with E-state index in [-0.39, 0.29) is 17.5 Å². The minimum Gasteiger partial charge on any atom is -0.493 e. The summed E-state index contributed by atoms with van der Waals surface area (Å²) >= 11 is 3.61. The number of hydrogen-bond acceptors (Lipinski definition) is 5. The number of halogens is 1. The lowest BCUT2D eigenvalue weighted by atomic mass is 9.71. The molecule has 4 rings (SSSR count). The number of Topliss-reactive ketones (excluding diaryl/α,β-unsaturated/α-hetero) is 2. The van der Waals surface area contributed by atoms with Gasteiger partial charge in [-0.25, -0.2) is 0 Å². The second-order valence-electron chi connectivity index (χ2n) is 7.73. The molecule has 1 aromatic carbocycles. The number of allylic oxidation sites excluding steroid dienone is 4. The zero-order valence-corrected chi connectivity index (χ0v) is 18.7. The molecule has 154 valence electrons. The Hall–Kier alpha value is -2.08. The third-order valence-corrected chi connectivity index (χ3v) is 6.71. The molecule has 1 aliphatic heterocycles. The molecule has 1 heterocycles. The van der Waals surface area contributed by atoms with Gasteiger partial charge in [0.25, 0.3) is 0 Å². The minimum absolute atomic E-state index is 0.150. The van der Waals surface area contributed by atoms with Gasteiger partial charge < -0.3 is 14.4 Å². The summed E-state index contributed by atoms with van der Waals surface area (Å²) in [7, 11) is 3.61. The number of methoxy groups -OCH3 is 1.